The second-order valence-electron chi connectivity index (χ2n) is 4.40. The zero-order valence-corrected chi connectivity index (χ0v) is 11.3. The first-order valence-corrected chi connectivity index (χ1v) is 6.31. The maximum atomic E-state index is 12.4. The van der Waals surface area contributed by atoms with Gasteiger partial charge in [-0.3, -0.25) is 0 Å². The molecule has 0 N–H and O–H groups in total. The molecule has 2 aromatic rings. The first-order chi connectivity index (χ1) is 10.5. The van der Waals surface area contributed by atoms with Crippen LogP contribution in [0.25, 0.3) is 0 Å². The Balaban J connectivity index is 1.94. The molecule has 0 aliphatic carbocycles. The average Bonchev–Trinajstić information content (AvgIpc) is 2.51. The molecule has 2 aromatic carbocycles. The van der Waals surface area contributed by atoms with E-state index in [1.54, 1.807) is 24.3 Å². The summed E-state index contributed by atoms with van der Waals surface area (Å²) < 4.78 is 37.2. The Morgan fingerprint density at radius 1 is 1.09 bits per heavy atom. The molecule has 112 valence electrons. The van der Waals surface area contributed by atoms with Gasteiger partial charge in [0.2, 0.25) is 0 Å². The molecule has 0 bridgehead atoms. The number of nitriles is 1. The molecule has 0 amide bonds. The van der Waals surface area contributed by atoms with Gasteiger partial charge >= 0.3 is 6.18 Å². The van der Waals surface area contributed by atoms with Gasteiger partial charge in [-0.15, -0.1) is 0 Å². The smallest absolute Gasteiger partial charge is 0.391 e. The summed E-state index contributed by atoms with van der Waals surface area (Å²) in [4.78, 5) is 5.06. The van der Waals surface area contributed by atoms with Crippen LogP contribution < -0.4 is 0 Å². The van der Waals surface area contributed by atoms with Crippen molar-refractivity contribution in [2.45, 2.75) is 12.8 Å². The summed E-state index contributed by atoms with van der Waals surface area (Å²) in [6.45, 7) is 0.112. The number of halogens is 3. The molecule has 0 heterocycles. The molecule has 0 spiro atoms. The molecule has 0 saturated carbocycles. The molecular formula is C16H11F3N2O. The second kappa shape index (κ2) is 6.76. The number of hydrogen-bond acceptors (Lipinski definition) is 3. The van der Waals surface area contributed by atoms with E-state index in [2.05, 4.69) is 5.16 Å². The molecule has 0 fully saturated rings. The molecule has 22 heavy (non-hydrogen) atoms. The van der Waals surface area contributed by atoms with Crippen LogP contribution in [0.5, 0.6) is 0 Å². The maximum absolute atomic E-state index is 12.4. The Kier molecular flexibility index (Phi) is 4.79. The van der Waals surface area contributed by atoms with Crippen LogP contribution in [0.1, 0.15) is 22.3 Å². The third-order valence-electron chi connectivity index (χ3n) is 2.87. The van der Waals surface area contributed by atoms with Gasteiger partial charge in [-0.25, -0.2) is 0 Å². The van der Waals surface area contributed by atoms with Gasteiger partial charge in [-0.05, 0) is 23.8 Å². The molecule has 0 radical (unpaired) electrons. The lowest BCUT2D eigenvalue weighted by atomic mass is 10.1. The minimum atomic E-state index is -4.35. The number of hydrogen-bond donors (Lipinski definition) is 0. The standard InChI is InChI=1S/C16H11F3N2O/c17-16(18,19)15-7-5-12(6-8-15)10-21-22-11-14-4-2-1-3-13(14)9-20/h1-8,10H,11H2. The van der Waals surface area contributed by atoms with Gasteiger partial charge in [0.25, 0.3) is 0 Å². The van der Waals surface area contributed by atoms with Crippen molar-refractivity contribution in [1.82, 2.24) is 0 Å². The van der Waals surface area contributed by atoms with Crippen molar-refractivity contribution in [3.8, 4) is 6.07 Å². The van der Waals surface area contributed by atoms with E-state index >= 15 is 0 Å². The summed E-state index contributed by atoms with van der Waals surface area (Å²) in [5.74, 6) is 0. The van der Waals surface area contributed by atoms with Gasteiger partial charge in [-0.1, -0.05) is 35.5 Å². The summed E-state index contributed by atoms with van der Waals surface area (Å²) in [5, 5.41) is 12.6. The van der Waals surface area contributed by atoms with Crippen LogP contribution in [0.2, 0.25) is 0 Å². The van der Waals surface area contributed by atoms with Gasteiger partial charge in [-0.2, -0.15) is 18.4 Å². The first-order valence-electron chi connectivity index (χ1n) is 6.31. The summed E-state index contributed by atoms with van der Waals surface area (Å²) >= 11 is 0. The zero-order chi connectivity index (χ0) is 16.0. The minimum absolute atomic E-state index is 0.112. The Bertz CT molecular complexity index is 701. The highest BCUT2D eigenvalue weighted by molar-refractivity contribution is 5.79. The third-order valence-corrected chi connectivity index (χ3v) is 2.87. The molecule has 2 rings (SSSR count). The van der Waals surface area contributed by atoms with Crippen molar-refractivity contribution in [2.24, 2.45) is 5.16 Å². The molecule has 3 nitrogen and oxygen atoms in total. The van der Waals surface area contributed by atoms with E-state index in [9.17, 15) is 13.2 Å². The Morgan fingerprint density at radius 3 is 2.41 bits per heavy atom. The highest BCUT2D eigenvalue weighted by Crippen LogP contribution is 2.28. The zero-order valence-electron chi connectivity index (χ0n) is 11.3. The van der Waals surface area contributed by atoms with E-state index < -0.39 is 11.7 Å². The number of rotatable bonds is 4. The normalized spacial score (nSPS) is 11.4. The molecular weight excluding hydrogens is 293 g/mol. The van der Waals surface area contributed by atoms with Crippen LogP contribution in [0.15, 0.2) is 53.7 Å². The number of alkyl halides is 3. The van der Waals surface area contributed by atoms with Crippen LogP contribution >= 0.6 is 0 Å². The van der Waals surface area contributed by atoms with Crippen LogP contribution in [0, 0.1) is 11.3 Å². The molecule has 0 aliphatic rings. The van der Waals surface area contributed by atoms with Gasteiger partial charge in [0.05, 0.1) is 23.4 Å². The highest BCUT2D eigenvalue weighted by atomic mass is 19.4. The first kappa shape index (κ1) is 15.6. The van der Waals surface area contributed by atoms with Crippen molar-refractivity contribution in [1.29, 1.82) is 5.26 Å². The van der Waals surface area contributed by atoms with Crippen molar-refractivity contribution in [2.75, 3.05) is 0 Å². The predicted molar refractivity (Wildman–Crippen MR) is 75.0 cm³/mol. The molecule has 0 aliphatic heterocycles. The van der Waals surface area contributed by atoms with Gasteiger partial charge in [0.15, 0.2) is 0 Å². The monoisotopic (exact) mass is 304 g/mol. The highest BCUT2D eigenvalue weighted by Gasteiger charge is 2.29. The van der Waals surface area contributed by atoms with Crippen molar-refractivity contribution in [3.63, 3.8) is 0 Å². The second-order valence-corrected chi connectivity index (χ2v) is 4.40. The van der Waals surface area contributed by atoms with Crippen LogP contribution in [-0.2, 0) is 17.6 Å². The Labute approximate surface area is 125 Å². The molecule has 0 saturated heterocycles. The summed E-state index contributed by atoms with van der Waals surface area (Å²) in [5.41, 5.74) is 0.955. The third kappa shape index (κ3) is 4.09. The van der Waals surface area contributed by atoms with Crippen molar-refractivity contribution in [3.05, 3.63) is 70.8 Å². The summed E-state index contributed by atoms with van der Waals surface area (Å²) in [7, 11) is 0. The van der Waals surface area contributed by atoms with Crippen molar-refractivity contribution < 1.29 is 18.0 Å². The lowest BCUT2D eigenvalue weighted by Crippen LogP contribution is -2.04. The molecule has 0 aromatic heterocycles. The van der Waals surface area contributed by atoms with Gasteiger partial charge < -0.3 is 4.84 Å². The van der Waals surface area contributed by atoms with E-state index in [0.717, 1.165) is 12.1 Å². The van der Waals surface area contributed by atoms with E-state index in [1.807, 2.05) is 6.07 Å². The SMILES string of the molecule is N#Cc1ccccc1CON=Cc1ccc(C(F)(F)F)cc1. The average molecular weight is 304 g/mol. The van der Waals surface area contributed by atoms with Crippen LogP contribution in [0.3, 0.4) is 0 Å². The topological polar surface area (TPSA) is 45.4 Å². The molecule has 0 atom stereocenters. The number of nitrogens with zero attached hydrogens (tertiary/aromatic N) is 2. The summed E-state index contributed by atoms with van der Waals surface area (Å²) in [6.07, 6.45) is -3.04. The van der Waals surface area contributed by atoms with E-state index in [0.29, 0.717) is 16.7 Å². The number of benzene rings is 2. The molecule has 0 unspecified atom stereocenters. The summed E-state index contributed by atoms with van der Waals surface area (Å²) in [6, 6.07) is 13.5. The molecule has 6 heteroatoms. The predicted octanol–water partition coefficient (Wildman–Crippen LogP) is 4.13. The van der Waals surface area contributed by atoms with Crippen LogP contribution in [-0.4, -0.2) is 6.21 Å². The van der Waals surface area contributed by atoms with Gasteiger partial charge in [0.1, 0.15) is 6.61 Å². The fourth-order valence-corrected chi connectivity index (χ4v) is 1.72. The van der Waals surface area contributed by atoms with Crippen molar-refractivity contribution >= 4 is 6.21 Å². The number of oxime groups is 1. The fraction of sp³-hybridized carbons (Fsp3) is 0.125. The lowest BCUT2D eigenvalue weighted by Gasteiger charge is -2.05. The Hall–Kier alpha value is -2.81. The maximum Gasteiger partial charge on any atom is 0.416 e. The van der Waals surface area contributed by atoms with E-state index in [4.69, 9.17) is 10.1 Å². The largest absolute Gasteiger partial charge is 0.416 e. The van der Waals surface area contributed by atoms with E-state index in [-0.39, 0.29) is 6.61 Å². The Morgan fingerprint density at radius 2 is 1.77 bits per heavy atom. The lowest BCUT2D eigenvalue weighted by molar-refractivity contribution is -0.137. The van der Waals surface area contributed by atoms with Gasteiger partial charge in [0, 0.05) is 5.56 Å². The minimum Gasteiger partial charge on any atom is -0.391 e. The quantitative estimate of drug-likeness (QED) is 0.630. The van der Waals surface area contributed by atoms with E-state index in [1.165, 1.54) is 18.3 Å². The van der Waals surface area contributed by atoms with Crippen LogP contribution in [0.4, 0.5) is 13.2 Å². The fourth-order valence-electron chi connectivity index (χ4n) is 1.72.